The smallest absolute Gasteiger partial charge is 0.315 e. The van der Waals surface area contributed by atoms with Crippen molar-refractivity contribution in [2.24, 2.45) is 5.16 Å². The second-order valence-corrected chi connectivity index (χ2v) is 3.68. The molecule has 7 heteroatoms. The van der Waals surface area contributed by atoms with Crippen molar-refractivity contribution in [3.63, 3.8) is 0 Å². The highest BCUT2D eigenvalue weighted by Gasteiger charge is 2.06. The Morgan fingerprint density at radius 3 is 2.90 bits per heavy atom. The molecule has 2 rings (SSSR count). The summed E-state index contributed by atoms with van der Waals surface area (Å²) < 4.78 is 13.1. The van der Waals surface area contributed by atoms with Gasteiger partial charge < -0.3 is 10.2 Å². The van der Waals surface area contributed by atoms with E-state index in [1.165, 1.54) is 6.21 Å². The summed E-state index contributed by atoms with van der Waals surface area (Å²) in [6, 6.07) is 9.51. The summed E-state index contributed by atoms with van der Waals surface area (Å²) in [5.41, 5.74) is 1.07. The largest absolute Gasteiger partial charge is 0.347 e. The van der Waals surface area contributed by atoms with Gasteiger partial charge >= 0.3 is 6.01 Å². The Morgan fingerprint density at radius 2 is 2.15 bits per heavy atom. The van der Waals surface area contributed by atoms with Crippen molar-refractivity contribution in [1.82, 2.24) is 9.97 Å². The van der Waals surface area contributed by atoms with Gasteiger partial charge in [0.2, 0.25) is 6.41 Å². The Balaban J connectivity index is 1.93. The van der Waals surface area contributed by atoms with E-state index in [0.717, 1.165) is 11.8 Å². The molecule has 0 aliphatic carbocycles. The van der Waals surface area contributed by atoms with E-state index in [-0.39, 0.29) is 11.8 Å². The van der Waals surface area contributed by atoms with Crippen LogP contribution in [0.3, 0.4) is 0 Å². The Bertz CT molecular complexity index is 605. The Labute approximate surface area is 114 Å². The van der Waals surface area contributed by atoms with Gasteiger partial charge in [-0.3, -0.25) is 4.79 Å². The van der Waals surface area contributed by atoms with Crippen molar-refractivity contribution in [3.05, 3.63) is 47.9 Å². The zero-order valence-electron chi connectivity index (χ0n) is 10.4. The molecular weight excluding hydrogens is 263 g/mol. The molecule has 1 amide bonds. The number of halogens is 1. The highest BCUT2D eigenvalue weighted by molar-refractivity contribution is 5.68. The molecule has 1 heterocycles. The molecule has 2 aromatic rings. The van der Waals surface area contributed by atoms with E-state index in [0.29, 0.717) is 12.8 Å². The predicted octanol–water partition coefficient (Wildman–Crippen LogP) is 1.79. The maximum Gasteiger partial charge on any atom is 0.347 e. The lowest BCUT2D eigenvalue weighted by molar-refractivity contribution is -0.105. The summed E-state index contributed by atoms with van der Waals surface area (Å²) in [7, 11) is 0. The maximum atomic E-state index is 13.1. The Kier molecular flexibility index (Phi) is 4.71. The van der Waals surface area contributed by atoms with E-state index < -0.39 is 5.82 Å². The van der Waals surface area contributed by atoms with Gasteiger partial charge in [0.15, 0.2) is 11.6 Å². The average Bonchev–Trinajstić information content (AvgIpc) is 2.48. The number of benzene rings is 1. The van der Waals surface area contributed by atoms with Crippen LogP contribution in [-0.4, -0.2) is 22.6 Å². The summed E-state index contributed by atoms with van der Waals surface area (Å²) in [6.07, 6.45) is 3.32. The monoisotopic (exact) mass is 274 g/mol. The van der Waals surface area contributed by atoms with Crippen molar-refractivity contribution in [2.75, 3.05) is 5.32 Å². The molecule has 6 nitrogen and oxygen atoms in total. The minimum atomic E-state index is -0.752. The van der Waals surface area contributed by atoms with Gasteiger partial charge in [-0.05, 0) is 5.56 Å². The fraction of sp³-hybridized carbons (Fsp3) is 0.0769. The molecule has 102 valence electrons. The van der Waals surface area contributed by atoms with Crippen molar-refractivity contribution in [2.45, 2.75) is 6.42 Å². The Morgan fingerprint density at radius 1 is 1.35 bits per heavy atom. The van der Waals surface area contributed by atoms with Gasteiger partial charge in [-0.15, -0.1) is 0 Å². The number of carbonyl (C=O) groups is 1. The van der Waals surface area contributed by atoms with E-state index in [1.807, 2.05) is 30.3 Å². The van der Waals surface area contributed by atoms with E-state index >= 15 is 0 Å². The maximum absolute atomic E-state index is 13.1. The minimum absolute atomic E-state index is 0.153. The van der Waals surface area contributed by atoms with Gasteiger partial charge in [0, 0.05) is 12.6 Å². The summed E-state index contributed by atoms with van der Waals surface area (Å²) in [5, 5.41) is 5.77. The third kappa shape index (κ3) is 3.84. The number of nitrogens with zero attached hydrogens (tertiary/aromatic N) is 3. The second-order valence-electron chi connectivity index (χ2n) is 3.68. The summed E-state index contributed by atoms with van der Waals surface area (Å²) in [4.78, 5) is 22.4. The molecule has 0 saturated heterocycles. The van der Waals surface area contributed by atoms with Crippen molar-refractivity contribution >= 4 is 18.4 Å². The molecular formula is C13H11FN4O2. The summed E-state index contributed by atoms with van der Waals surface area (Å²) in [5.74, 6) is -1.01. The number of hydrogen-bond acceptors (Lipinski definition) is 5. The van der Waals surface area contributed by atoms with Crippen LogP contribution in [0.5, 0.6) is 6.01 Å². The normalized spacial score (nSPS) is 10.4. The highest BCUT2D eigenvalue weighted by atomic mass is 19.1. The van der Waals surface area contributed by atoms with Gasteiger partial charge in [-0.25, -0.2) is 4.39 Å². The number of aromatic nitrogens is 2. The second kappa shape index (κ2) is 6.93. The lowest BCUT2D eigenvalue weighted by atomic mass is 10.2. The first-order valence-electron chi connectivity index (χ1n) is 5.75. The topological polar surface area (TPSA) is 76.5 Å². The number of hydrogen-bond donors (Lipinski definition) is 1. The first kappa shape index (κ1) is 13.6. The predicted molar refractivity (Wildman–Crippen MR) is 70.9 cm³/mol. The van der Waals surface area contributed by atoms with Crippen molar-refractivity contribution in [3.8, 4) is 6.01 Å². The van der Waals surface area contributed by atoms with Crippen LogP contribution in [0.15, 0.2) is 41.7 Å². The lowest BCUT2D eigenvalue weighted by Gasteiger charge is -2.01. The molecule has 20 heavy (non-hydrogen) atoms. The molecule has 1 aromatic heterocycles. The molecule has 1 aromatic carbocycles. The van der Waals surface area contributed by atoms with Gasteiger partial charge in [0.25, 0.3) is 0 Å². The molecule has 0 atom stereocenters. The standard InChI is InChI=1S/C13H11FN4O2/c14-11-8-15-13(18-12(11)16-9-19)20-17-7-6-10-4-2-1-3-5-10/h1-5,7-9H,6H2,(H,15,16,18,19). The van der Waals surface area contributed by atoms with Gasteiger partial charge in [0.05, 0.1) is 6.20 Å². The first-order chi connectivity index (χ1) is 9.79. The van der Waals surface area contributed by atoms with Gasteiger partial charge in [-0.2, -0.15) is 9.97 Å². The fourth-order valence-corrected chi connectivity index (χ4v) is 1.39. The van der Waals surface area contributed by atoms with Crippen LogP contribution in [-0.2, 0) is 11.2 Å². The van der Waals surface area contributed by atoms with E-state index in [9.17, 15) is 9.18 Å². The molecule has 0 aliphatic rings. The lowest BCUT2D eigenvalue weighted by Crippen LogP contribution is -2.03. The number of nitrogens with one attached hydrogen (secondary N) is 1. The summed E-state index contributed by atoms with van der Waals surface area (Å²) >= 11 is 0. The number of amides is 1. The van der Waals surface area contributed by atoms with E-state index in [4.69, 9.17) is 4.84 Å². The number of rotatable bonds is 6. The molecule has 0 radical (unpaired) electrons. The van der Waals surface area contributed by atoms with Crippen molar-refractivity contribution < 1.29 is 14.0 Å². The van der Waals surface area contributed by atoms with Crippen LogP contribution in [0.2, 0.25) is 0 Å². The minimum Gasteiger partial charge on any atom is -0.315 e. The van der Waals surface area contributed by atoms with Gasteiger partial charge in [-0.1, -0.05) is 35.5 Å². The fourth-order valence-electron chi connectivity index (χ4n) is 1.39. The molecule has 0 aliphatic heterocycles. The quantitative estimate of drug-likeness (QED) is 0.495. The van der Waals surface area contributed by atoms with Crippen LogP contribution in [0.4, 0.5) is 10.2 Å². The Hall–Kier alpha value is -2.83. The molecule has 0 unspecified atom stereocenters. The molecule has 0 fully saturated rings. The van der Waals surface area contributed by atoms with Crippen LogP contribution in [0.25, 0.3) is 0 Å². The number of oxime groups is 1. The van der Waals surface area contributed by atoms with Crippen LogP contribution >= 0.6 is 0 Å². The van der Waals surface area contributed by atoms with E-state index in [2.05, 4.69) is 20.4 Å². The van der Waals surface area contributed by atoms with Crippen LogP contribution in [0.1, 0.15) is 5.56 Å². The first-order valence-corrected chi connectivity index (χ1v) is 5.75. The average molecular weight is 274 g/mol. The molecule has 0 spiro atoms. The zero-order valence-corrected chi connectivity index (χ0v) is 10.4. The third-order valence-electron chi connectivity index (χ3n) is 2.30. The number of anilines is 1. The van der Waals surface area contributed by atoms with E-state index in [1.54, 1.807) is 0 Å². The van der Waals surface area contributed by atoms with Crippen LogP contribution < -0.4 is 10.2 Å². The third-order valence-corrected chi connectivity index (χ3v) is 2.30. The zero-order chi connectivity index (χ0) is 14.2. The SMILES string of the molecule is O=CNc1nc(ON=CCc2ccccc2)ncc1F. The molecule has 1 N–H and O–H groups in total. The highest BCUT2D eigenvalue weighted by Crippen LogP contribution is 2.12. The summed E-state index contributed by atoms with van der Waals surface area (Å²) in [6.45, 7) is 0. The van der Waals surface area contributed by atoms with Crippen molar-refractivity contribution in [1.29, 1.82) is 0 Å². The molecule has 0 bridgehead atoms. The number of carbonyl (C=O) groups excluding carboxylic acids is 1. The van der Waals surface area contributed by atoms with Crippen LogP contribution in [0, 0.1) is 5.82 Å². The molecule has 0 saturated carbocycles. The van der Waals surface area contributed by atoms with Gasteiger partial charge in [0.1, 0.15) is 0 Å².